The van der Waals surface area contributed by atoms with Crippen LogP contribution in [0, 0.1) is 6.92 Å². The number of alkyl halides is 3. The Hall–Kier alpha value is -2.18. The Kier molecular flexibility index (Phi) is 3.87. The minimum absolute atomic E-state index is 0.0295. The van der Waals surface area contributed by atoms with Gasteiger partial charge in [-0.05, 0) is 25.0 Å². The van der Waals surface area contributed by atoms with Gasteiger partial charge in [-0.25, -0.2) is 15.0 Å². The molecule has 2 aromatic heterocycles. The lowest BCUT2D eigenvalue weighted by Crippen LogP contribution is -2.08. The van der Waals surface area contributed by atoms with E-state index in [1.54, 1.807) is 6.07 Å². The zero-order valence-corrected chi connectivity index (χ0v) is 10.9. The van der Waals surface area contributed by atoms with Crippen LogP contribution in [0.1, 0.15) is 23.9 Å². The molecule has 0 aliphatic heterocycles. The van der Waals surface area contributed by atoms with Gasteiger partial charge < -0.3 is 4.74 Å². The quantitative estimate of drug-likeness (QED) is 0.864. The van der Waals surface area contributed by atoms with Gasteiger partial charge in [-0.3, -0.25) is 0 Å². The summed E-state index contributed by atoms with van der Waals surface area (Å²) in [4.78, 5) is 11.0. The fourth-order valence-corrected chi connectivity index (χ4v) is 1.59. The van der Waals surface area contributed by atoms with Gasteiger partial charge in [-0.15, -0.1) is 0 Å². The number of aryl methyl sites for hydroxylation is 2. The van der Waals surface area contributed by atoms with Crippen molar-refractivity contribution >= 4 is 0 Å². The minimum Gasteiger partial charge on any atom is -0.419 e. The molecule has 0 N–H and O–H groups in total. The second-order valence-electron chi connectivity index (χ2n) is 4.15. The number of aromatic nitrogens is 3. The summed E-state index contributed by atoms with van der Waals surface area (Å²) >= 11 is 0. The van der Waals surface area contributed by atoms with E-state index in [0.717, 1.165) is 23.9 Å². The third-order valence-corrected chi connectivity index (χ3v) is 2.53. The summed E-state index contributed by atoms with van der Waals surface area (Å²) in [6, 6.07) is 3.62. The maximum Gasteiger partial charge on any atom is 0.434 e. The van der Waals surface area contributed by atoms with Gasteiger partial charge in [0, 0.05) is 11.8 Å². The Labute approximate surface area is 113 Å². The normalized spacial score (nSPS) is 11.4. The summed E-state index contributed by atoms with van der Waals surface area (Å²) in [5.41, 5.74) is 0.725. The lowest BCUT2D eigenvalue weighted by molar-refractivity contribution is -0.141. The van der Waals surface area contributed by atoms with Crippen LogP contribution in [0.4, 0.5) is 13.2 Å². The molecule has 0 unspecified atom stereocenters. The van der Waals surface area contributed by atoms with Crippen molar-refractivity contribution in [3.63, 3.8) is 0 Å². The van der Waals surface area contributed by atoms with Crippen molar-refractivity contribution in [2.45, 2.75) is 26.4 Å². The Morgan fingerprint density at radius 1 is 1.10 bits per heavy atom. The molecule has 106 valence electrons. The monoisotopic (exact) mass is 283 g/mol. The first kappa shape index (κ1) is 14.2. The summed E-state index contributed by atoms with van der Waals surface area (Å²) in [7, 11) is 0. The molecule has 0 aromatic carbocycles. The predicted octanol–water partition coefficient (Wildman–Crippen LogP) is 3.55. The second-order valence-corrected chi connectivity index (χ2v) is 4.15. The fraction of sp³-hybridized carbons (Fsp3) is 0.308. The number of hydrogen-bond donors (Lipinski definition) is 0. The average Bonchev–Trinajstić information content (AvgIpc) is 2.37. The molecule has 0 aliphatic carbocycles. The molecule has 0 amide bonds. The Morgan fingerprint density at radius 2 is 1.85 bits per heavy atom. The number of halogens is 3. The third kappa shape index (κ3) is 3.43. The molecule has 0 atom stereocenters. The average molecular weight is 283 g/mol. The van der Waals surface area contributed by atoms with Crippen LogP contribution in [0.5, 0.6) is 11.8 Å². The highest BCUT2D eigenvalue weighted by Gasteiger charge is 2.32. The van der Waals surface area contributed by atoms with Crippen LogP contribution in [0.3, 0.4) is 0 Å². The zero-order valence-electron chi connectivity index (χ0n) is 10.9. The topological polar surface area (TPSA) is 47.9 Å². The molecular formula is C13H12F3N3O. The molecule has 0 fully saturated rings. The van der Waals surface area contributed by atoms with Crippen LogP contribution in [-0.2, 0) is 12.6 Å². The number of hydrogen-bond acceptors (Lipinski definition) is 4. The summed E-state index contributed by atoms with van der Waals surface area (Å²) in [6.45, 7) is 3.79. The first-order chi connectivity index (χ1) is 9.38. The van der Waals surface area contributed by atoms with E-state index < -0.39 is 11.9 Å². The predicted molar refractivity (Wildman–Crippen MR) is 65.5 cm³/mol. The van der Waals surface area contributed by atoms with Crippen LogP contribution < -0.4 is 4.74 Å². The lowest BCUT2D eigenvalue weighted by atomic mass is 10.2. The van der Waals surface area contributed by atoms with Crippen LogP contribution in [-0.4, -0.2) is 15.0 Å². The summed E-state index contributed by atoms with van der Waals surface area (Å²) < 4.78 is 42.3. The van der Waals surface area contributed by atoms with Crippen LogP contribution in [0.25, 0.3) is 0 Å². The Balaban J connectivity index is 2.20. The van der Waals surface area contributed by atoms with Crippen molar-refractivity contribution in [1.82, 2.24) is 15.0 Å². The number of pyridine rings is 1. The molecule has 2 aromatic rings. The van der Waals surface area contributed by atoms with E-state index in [1.165, 1.54) is 0 Å². The van der Waals surface area contributed by atoms with Gasteiger partial charge in [0.1, 0.15) is 0 Å². The van der Waals surface area contributed by atoms with Gasteiger partial charge in [-0.1, -0.05) is 6.92 Å². The highest BCUT2D eigenvalue weighted by atomic mass is 19.4. The second kappa shape index (κ2) is 5.44. The van der Waals surface area contributed by atoms with E-state index >= 15 is 0 Å². The fourth-order valence-electron chi connectivity index (χ4n) is 1.59. The van der Waals surface area contributed by atoms with E-state index in [0.29, 0.717) is 6.20 Å². The number of ether oxygens (including phenoxy) is 1. The van der Waals surface area contributed by atoms with Crippen LogP contribution in [0.15, 0.2) is 24.5 Å². The van der Waals surface area contributed by atoms with Crippen molar-refractivity contribution in [3.8, 4) is 11.8 Å². The van der Waals surface area contributed by atoms with E-state index in [4.69, 9.17) is 4.74 Å². The molecule has 2 heterocycles. The highest BCUT2D eigenvalue weighted by Crippen LogP contribution is 2.27. The standard InChI is InChI=1S/C13H12F3N3O/c1-3-9-4-8(2)19-11(5-9)20-12-7-17-10(6-18-12)13(14,15)16/h4-7H,3H2,1-2H3. The molecule has 2 rings (SSSR count). The van der Waals surface area contributed by atoms with Crippen molar-refractivity contribution in [2.24, 2.45) is 0 Å². The van der Waals surface area contributed by atoms with E-state index in [-0.39, 0.29) is 11.8 Å². The number of nitrogens with zero attached hydrogens (tertiary/aromatic N) is 3. The Morgan fingerprint density at radius 3 is 2.40 bits per heavy atom. The summed E-state index contributed by atoms with van der Waals surface area (Å²) in [5, 5.41) is 0. The SMILES string of the molecule is CCc1cc(C)nc(Oc2cnc(C(F)(F)F)cn2)c1. The first-order valence-electron chi connectivity index (χ1n) is 5.93. The lowest BCUT2D eigenvalue weighted by Gasteiger charge is -2.08. The van der Waals surface area contributed by atoms with Crippen molar-refractivity contribution in [1.29, 1.82) is 0 Å². The van der Waals surface area contributed by atoms with Gasteiger partial charge in [0.25, 0.3) is 0 Å². The molecule has 0 aliphatic rings. The van der Waals surface area contributed by atoms with Gasteiger partial charge >= 0.3 is 6.18 Å². The molecule has 0 saturated carbocycles. The van der Waals surface area contributed by atoms with Crippen LogP contribution >= 0.6 is 0 Å². The maximum absolute atomic E-state index is 12.3. The highest BCUT2D eigenvalue weighted by molar-refractivity contribution is 5.27. The maximum atomic E-state index is 12.3. The number of rotatable bonds is 3. The van der Waals surface area contributed by atoms with E-state index in [2.05, 4.69) is 15.0 Å². The summed E-state index contributed by atoms with van der Waals surface area (Å²) in [5.74, 6) is 0.258. The van der Waals surface area contributed by atoms with E-state index in [1.807, 2.05) is 19.9 Å². The van der Waals surface area contributed by atoms with Crippen molar-refractivity contribution in [3.05, 3.63) is 41.5 Å². The Bertz CT molecular complexity index is 597. The molecule has 0 saturated heterocycles. The first-order valence-corrected chi connectivity index (χ1v) is 5.93. The van der Waals surface area contributed by atoms with Gasteiger partial charge in [-0.2, -0.15) is 13.2 Å². The minimum atomic E-state index is -4.51. The third-order valence-electron chi connectivity index (χ3n) is 2.53. The van der Waals surface area contributed by atoms with Crippen molar-refractivity contribution in [2.75, 3.05) is 0 Å². The molecule has 0 radical (unpaired) electrons. The molecule has 0 bridgehead atoms. The summed E-state index contributed by atoms with van der Waals surface area (Å²) in [6.07, 6.45) is -2.15. The van der Waals surface area contributed by atoms with Crippen molar-refractivity contribution < 1.29 is 17.9 Å². The van der Waals surface area contributed by atoms with Gasteiger partial charge in [0.2, 0.25) is 11.8 Å². The van der Waals surface area contributed by atoms with Gasteiger partial charge in [0.15, 0.2) is 5.69 Å². The van der Waals surface area contributed by atoms with Crippen LogP contribution in [0.2, 0.25) is 0 Å². The zero-order chi connectivity index (χ0) is 14.8. The smallest absolute Gasteiger partial charge is 0.419 e. The molecule has 20 heavy (non-hydrogen) atoms. The molecule has 4 nitrogen and oxygen atoms in total. The van der Waals surface area contributed by atoms with Gasteiger partial charge in [0.05, 0.1) is 12.4 Å². The largest absolute Gasteiger partial charge is 0.434 e. The van der Waals surface area contributed by atoms with E-state index in [9.17, 15) is 13.2 Å². The molecular weight excluding hydrogens is 271 g/mol. The molecule has 0 spiro atoms. The molecule has 7 heteroatoms.